The summed E-state index contributed by atoms with van der Waals surface area (Å²) in [6.45, 7) is 5.48. The lowest BCUT2D eigenvalue weighted by molar-refractivity contribution is 0.0937. The molecule has 164 valence electrons. The molecule has 2 aliphatic rings. The summed E-state index contributed by atoms with van der Waals surface area (Å²) in [5.41, 5.74) is -0.139. The van der Waals surface area contributed by atoms with E-state index in [1.165, 1.54) is 60.4 Å². The zero-order valence-electron chi connectivity index (χ0n) is 18.0. The highest BCUT2D eigenvalue weighted by Crippen LogP contribution is 2.27. The van der Waals surface area contributed by atoms with Crippen LogP contribution >= 0.6 is 11.3 Å². The van der Waals surface area contributed by atoms with Crippen LogP contribution in [0.2, 0.25) is 0 Å². The Balaban J connectivity index is 1.44. The molecule has 0 spiro atoms. The number of rotatable bonds is 6. The zero-order chi connectivity index (χ0) is 21.1. The summed E-state index contributed by atoms with van der Waals surface area (Å²) in [5, 5.41) is 8.43. The molecule has 8 nitrogen and oxygen atoms in total. The molecule has 1 atom stereocenters. The van der Waals surface area contributed by atoms with Gasteiger partial charge in [-0.05, 0) is 38.6 Å². The molecular weight excluding hydrogens is 400 g/mol. The van der Waals surface area contributed by atoms with Gasteiger partial charge >= 0.3 is 0 Å². The van der Waals surface area contributed by atoms with Crippen LogP contribution in [0.25, 0.3) is 4.96 Å². The van der Waals surface area contributed by atoms with Crippen LogP contribution < -0.4 is 15.8 Å². The van der Waals surface area contributed by atoms with Gasteiger partial charge in [0, 0.05) is 38.3 Å². The fraction of sp³-hybridized carbons (Fsp3) is 0.714. The number of anilines is 1. The van der Waals surface area contributed by atoms with E-state index in [0.717, 1.165) is 31.2 Å². The van der Waals surface area contributed by atoms with Gasteiger partial charge in [0.2, 0.25) is 10.1 Å². The molecule has 1 aliphatic carbocycles. The van der Waals surface area contributed by atoms with Crippen molar-refractivity contribution in [2.75, 3.05) is 38.1 Å². The predicted octanol–water partition coefficient (Wildman–Crippen LogP) is 2.38. The van der Waals surface area contributed by atoms with E-state index < -0.39 is 5.56 Å². The van der Waals surface area contributed by atoms with Crippen molar-refractivity contribution < 1.29 is 4.79 Å². The van der Waals surface area contributed by atoms with Gasteiger partial charge in [-0.25, -0.2) is 0 Å². The molecule has 9 heteroatoms. The quantitative estimate of drug-likeness (QED) is 0.755. The van der Waals surface area contributed by atoms with Crippen molar-refractivity contribution >= 4 is 27.3 Å². The molecule has 2 aromatic rings. The number of amides is 1. The molecule has 0 radical (unpaired) electrons. The standard InChI is InChI=1S/C21H32N6O2S/c1-15-7-6-11-26(14-15)21-24-27-17(13-18(28)23-20(27)30-21)19(29)22-10-12-25(2)16-8-4-3-5-9-16/h13,15-16H,3-12,14H2,1-2H3,(H,22,29). The molecule has 2 fully saturated rings. The second-order valence-electron chi connectivity index (χ2n) is 8.78. The molecule has 2 aromatic heterocycles. The van der Waals surface area contributed by atoms with E-state index in [9.17, 15) is 9.59 Å². The highest BCUT2D eigenvalue weighted by Gasteiger charge is 2.23. The molecule has 30 heavy (non-hydrogen) atoms. The minimum Gasteiger partial charge on any atom is -0.349 e. The number of nitrogens with zero attached hydrogens (tertiary/aromatic N) is 5. The lowest BCUT2D eigenvalue weighted by Crippen LogP contribution is -2.40. The van der Waals surface area contributed by atoms with E-state index in [2.05, 4.69) is 39.2 Å². The lowest BCUT2D eigenvalue weighted by Gasteiger charge is -2.31. The molecule has 0 aromatic carbocycles. The molecule has 1 amide bonds. The number of likely N-dealkylation sites (N-methyl/N-ethyl adjacent to an activating group) is 1. The van der Waals surface area contributed by atoms with E-state index in [1.54, 1.807) is 0 Å². The molecule has 1 saturated carbocycles. The Morgan fingerprint density at radius 2 is 2.07 bits per heavy atom. The topological polar surface area (TPSA) is 82.8 Å². The fourth-order valence-corrected chi connectivity index (χ4v) is 5.54. The Morgan fingerprint density at radius 3 is 2.83 bits per heavy atom. The first kappa shape index (κ1) is 21.2. The summed E-state index contributed by atoms with van der Waals surface area (Å²) in [6, 6.07) is 1.90. The van der Waals surface area contributed by atoms with E-state index in [4.69, 9.17) is 0 Å². The first-order valence-corrected chi connectivity index (χ1v) is 12.0. The molecule has 1 N–H and O–H groups in total. The Labute approximate surface area is 181 Å². The Morgan fingerprint density at radius 1 is 1.27 bits per heavy atom. The average molecular weight is 433 g/mol. The second kappa shape index (κ2) is 9.43. The third kappa shape index (κ3) is 4.83. The maximum Gasteiger partial charge on any atom is 0.274 e. The van der Waals surface area contributed by atoms with Crippen molar-refractivity contribution in [3.63, 3.8) is 0 Å². The number of hydrogen-bond donors (Lipinski definition) is 1. The van der Waals surface area contributed by atoms with Crippen molar-refractivity contribution in [2.24, 2.45) is 5.92 Å². The summed E-state index contributed by atoms with van der Waals surface area (Å²) < 4.78 is 1.53. The van der Waals surface area contributed by atoms with Gasteiger partial charge in [0.1, 0.15) is 5.69 Å². The Hall–Kier alpha value is -2.00. The zero-order valence-corrected chi connectivity index (χ0v) is 18.8. The number of nitrogens with one attached hydrogen (secondary N) is 1. The van der Waals surface area contributed by atoms with Crippen LogP contribution in [0.1, 0.15) is 62.4 Å². The number of carbonyl (C=O) groups excluding carboxylic acids is 1. The van der Waals surface area contributed by atoms with Gasteiger partial charge in [-0.3, -0.25) is 9.59 Å². The van der Waals surface area contributed by atoms with Crippen LogP contribution in [0, 0.1) is 5.92 Å². The minimum absolute atomic E-state index is 0.262. The van der Waals surface area contributed by atoms with Gasteiger partial charge in [-0.2, -0.15) is 9.50 Å². The van der Waals surface area contributed by atoms with Gasteiger partial charge in [-0.15, -0.1) is 5.10 Å². The molecule has 4 rings (SSSR count). The van der Waals surface area contributed by atoms with Gasteiger partial charge in [0.15, 0.2) is 0 Å². The van der Waals surface area contributed by atoms with Crippen LogP contribution in [0.5, 0.6) is 0 Å². The number of carbonyl (C=O) groups is 1. The van der Waals surface area contributed by atoms with Crippen LogP contribution in [-0.2, 0) is 0 Å². The SMILES string of the molecule is CC1CCCN(c2nn3c(C(=O)NCCN(C)C4CCCCC4)cc(=O)nc3s2)C1. The number of aromatic nitrogens is 3. The normalized spacial score (nSPS) is 20.8. The van der Waals surface area contributed by atoms with Crippen LogP contribution in [-0.4, -0.2) is 64.7 Å². The van der Waals surface area contributed by atoms with Crippen molar-refractivity contribution in [2.45, 2.75) is 57.9 Å². The van der Waals surface area contributed by atoms with Crippen LogP contribution in [0.3, 0.4) is 0 Å². The smallest absolute Gasteiger partial charge is 0.274 e. The van der Waals surface area contributed by atoms with E-state index in [1.807, 2.05) is 0 Å². The fourth-order valence-electron chi connectivity index (χ4n) is 4.60. The summed E-state index contributed by atoms with van der Waals surface area (Å²) in [7, 11) is 2.13. The summed E-state index contributed by atoms with van der Waals surface area (Å²) in [5.74, 6) is 0.341. The molecule has 3 heterocycles. The van der Waals surface area contributed by atoms with Gasteiger partial charge in [0.25, 0.3) is 11.5 Å². The monoisotopic (exact) mass is 432 g/mol. The summed E-state index contributed by atoms with van der Waals surface area (Å²) in [4.78, 5) is 34.0. The summed E-state index contributed by atoms with van der Waals surface area (Å²) in [6.07, 6.45) is 8.75. The van der Waals surface area contributed by atoms with Gasteiger partial charge in [-0.1, -0.05) is 37.5 Å². The Kier molecular flexibility index (Phi) is 6.67. The van der Waals surface area contributed by atoms with Crippen molar-refractivity contribution in [1.82, 2.24) is 24.8 Å². The van der Waals surface area contributed by atoms with Gasteiger partial charge < -0.3 is 15.1 Å². The van der Waals surface area contributed by atoms with Gasteiger partial charge in [0.05, 0.1) is 0 Å². The molecule has 1 unspecified atom stereocenters. The molecular formula is C21H32N6O2S. The molecule has 0 bridgehead atoms. The van der Waals surface area contributed by atoms with Crippen molar-refractivity contribution in [3.05, 3.63) is 22.1 Å². The number of fused-ring (bicyclic) bond motifs is 1. The van der Waals surface area contributed by atoms with E-state index in [-0.39, 0.29) is 11.6 Å². The first-order valence-electron chi connectivity index (χ1n) is 11.2. The van der Waals surface area contributed by atoms with Crippen LogP contribution in [0.4, 0.5) is 5.13 Å². The van der Waals surface area contributed by atoms with Crippen molar-refractivity contribution in [1.29, 1.82) is 0 Å². The number of hydrogen-bond acceptors (Lipinski definition) is 7. The Bertz CT molecular complexity index is 935. The largest absolute Gasteiger partial charge is 0.349 e. The number of piperidine rings is 1. The molecule has 1 aliphatic heterocycles. The average Bonchev–Trinajstić information content (AvgIpc) is 3.17. The summed E-state index contributed by atoms with van der Waals surface area (Å²) >= 11 is 1.38. The van der Waals surface area contributed by atoms with E-state index in [0.29, 0.717) is 23.5 Å². The molecule has 1 saturated heterocycles. The maximum absolute atomic E-state index is 12.8. The van der Waals surface area contributed by atoms with Crippen LogP contribution in [0.15, 0.2) is 10.9 Å². The highest BCUT2D eigenvalue weighted by molar-refractivity contribution is 7.20. The second-order valence-corrected chi connectivity index (χ2v) is 9.71. The maximum atomic E-state index is 12.8. The first-order chi connectivity index (χ1) is 14.5. The van der Waals surface area contributed by atoms with E-state index >= 15 is 0 Å². The predicted molar refractivity (Wildman–Crippen MR) is 120 cm³/mol. The lowest BCUT2D eigenvalue weighted by atomic mass is 9.94. The van der Waals surface area contributed by atoms with Crippen molar-refractivity contribution in [3.8, 4) is 0 Å². The third-order valence-electron chi connectivity index (χ3n) is 6.35. The minimum atomic E-state index is -0.401. The highest BCUT2D eigenvalue weighted by atomic mass is 32.1. The third-order valence-corrected chi connectivity index (χ3v) is 7.32.